The van der Waals surface area contributed by atoms with E-state index in [0.717, 1.165) is 5.39 Å². The number of hydrogen-bond donors (Lipinski definition) is 0. The number of rotatable bonds is 4. The van der Waals surface area contributed by atoms with Crippen molar-refractivity contribution in [2.45, 2.75) is 13.8 Å². The monoisotopic (exact) mass is 390 g/mol. The van der Waals surface area contributed by atoms with Gasteiger partial charge in [-0.25, -0.2) is 14.6 Å². The van der Waals surface area contributed by atoms with Crippen molar-refractivity contribution < 1.29 is 19.1 Å². The number of fused-ring (bicyclic) bond motifs is 3. The molecule has 146 valence electrons. The third kappa shape index (κ3) is 2.58. The fourth-order valence-electron chi connectivity index (χ4n) is 3.72. The Morgan fingerprint density at radius 1 is 1.21 bits per heavy atom. The normalized spacial score (nSPS) is 11.3. The molecule has 3 aromatic heterocycles. The van der Waals surface area contributed by atoms with Crippen molar-refractivity contribution in [1.82, 2.24) is 9.38 Å². The van der Waals surface area contributed by atoms with Crippen LogP contribution < -0.4 is 5.56 Å². The van der Waals surface area contributed by atoms with Gasteiger partial charge in [0.25, 0.3) is 5.56 Å². The highest BCUT2D eigenvalue weighted by Gasteiger charge is 2.26. The summed E-state index contributed by atoms with van der Waals surface area (Å²) in [5, 5.41) is 1.46. The fraction of sp³-hybridized carbons (Fsp3) is 0.182. The number of methoxy groups -OCH3 is 1. The highest BCUT2D eigenvalue weighted by atomic mass is 16.5. The van der Waals surface area contributed by atoms with Gasteiger partial charge in [-0.3, -0.25) is 9.20 Å². The highest BCUT2D eigenvalue weighted by molar-refractivity contribution is 6.23. The molecule has 0 bridgehead atoms. The average molecular weight is 390 g/mol. The Bertz CT molecular complexity index is 1380. The molecule has 0 saturated carbocycles. The number of aromatic nitrogens is 2. The first-order chi connectivity index (χ1) is 13.9. The first-order valence-corrected chi connectivity index (χ1v) is 9.05. The number of pyridine rings is 2. The molecule has 0 aliphatic rings. The van der Waals surface area contributed by atoms with Crippen molar-refractivity contribution in [3.05, 3.63) is 64.1 Å². The summed E-state index contributed by atoms with van der Waals surface area (Å²) in [6.07, 6.45) is 0. The first-order valence-electron chi connectivity index (χ1n) is 9.05. The van der Waals surface area contributed by atoms with Gasteiger partial charge >= 0.3 is 11.9 Å². The van der Waals surface area contributed by atoms with Crippen LogP contribution >= 0.6 is 0 Å². The Kier molecular flexibility index (Phi) is 4.30. The fourth-order valence-corrected chi connectivity index (χ4v) is 3.72. The van der Waals surface area contributed by atoms with E-state index in [1.165, 1.54) is 7.11 Å². The molecule has 0 fully saturated rings. The van der Waals surface area contributed by atoms with Gasteiger partial charge in [-0.2, -0.15) is 0 Å². The Hall–Kier alpha value is -3.74. The van der Waals surface area contributed by atoms with Crippen LogP contribution in [0.15, 0.2) is 41.7 Å². The predicted octanol–water partition coefficient (Wildman–Crippen LogP) is 3.11. The van der Waals surface area contributed by atoms with E-state index in [4.69, 9.17) is 9.47 Å². The minimum Gasteiger partial charge on any atom is -0.464 e. The number of para-hydroxylation sites is 1. The molecule has 0 radical (unpaired) electrons. The second-order valence-electron chi connectivity index (χ2n) is 6.60. The van der Waals surface area contributed by atoms with Gasteiger partial charge in [0.15, 0.2) is 0 Å². The molecule has 3 heterocycles. The molecule has 0 spiro atoms. The van der Waals surface area contributed by atoms with E-state index in [-0.39, 0.29) is 29.0 Å². The summed E-state index contributed by atoms with van der Waals surface area (Å²) >= 11 is 0. The van der Waals surface area contributed by atoms with Gasteiger partial charge in [-0.15, -0.1) is 0 Å². The molecule has 0 saturated heterocycles. The quantitative estimate of drug-likeness (QED) is 0.393. The topological polar surface area (TPSA) is 87.0 Å². The number of carbonyl (C=O) groups is 2. The van der Waals surface area contributed by atoms with Crippen LogP contribution in [0.3, 0.4) is 0 Å². The molecule has 0 amide bonds. The minimum absolute atomic E-state index is 0.0185. The predicted molar refractivity (Wildman–Crippen MR) is 109 cm³/mol. The molecule has 0 atom stereocenters. The summed E-state index contributed by atoms with van der Waals surface area (Å²) in [7, 11) is 1.27. The first kappa shape index (κ1) is 18.6. The lowest BCUT2D eigenvalue weighted by Crippen LogP contribution is -2.20. The van der Waals surface area contributed by atoms with E-state index in [1.54, 1.807) is 24.3 Å². The maximum Gasteiger partial charge on any atom is 0.356 e. The summed E-state index contributed by atoms with van der Waals surface area (Å²) in [6, 6.07) is 8.98. The van der Waals surface area contributed by atoms with Gasteiger partial charge in [0.05, 0.1) is 35.8 Å². The molecule has 7 heteroatoms. The Morgan fingerprint density at radius 3 is 2.62 bits per heavy atom. The minimum atomic E-state index is -0.641. The Labute approximate surface area is 165 Å². The van der Waals surface area contributed by atoms with Crippen molar-refractivity contribution in [1.29, 1.82) is 0 Å². The molecule has 4 rings (SSSR count). The zero-order chi connectivity index (χ0) is 20.9. The summed E-state index contributed by atoms with van der Waals surface area (Å²) in [4.78, 5) is 42.3. The zero-order valence-electron chi connectivity index (χ0n) is 16.2. The molecule has 0 aliphatic carbocycles. The molecule has 29 heavy (non-hydrogen) atoms. The van der Waals surface area contributed by atoms with Crippen molar-refractivity contribution in [3.63, 3.8) is 0 Å². The van der Waals surface area contributed by atoms with Gasteiger partial charge in [0.1, 0.15) is 5.69 Å². The average Bonchev–Trinajstić information content (AvgIpc) is 3.06. The molecule has 0 aliphatic heterocycles. The van der Waals surface area contributed by atoms with E-state index in [0.29, 0.717) is 27.5 Å². The van der Waals surface area contributed by atoms with Gasteiger partial charge in [-0.1, -0.05) is 24.8 Å². The third-order valence-corrected chi connectivity index (χ3v) is 5.01. The van der Waals surface area contributed by atoms with E-state index in [9.17, 15) is 14.4 Å². The second-order valence-corrected chi connectivity index (χ2v) is 6.60. The lowest BCUT2D eigenvalue weighted by atomic mass is 10.00. The Morgan fingerprint density at radius 2 is 1.93 bits per heavy atom. The summed E-state index contributed by atoms with van der Waals surface area (Å²) in [5.74, 6) is -1.26. The van der Waals surface area contributed by atoms with E-state index in [1.807, 2.05) is 24.3 Å². The van der Waals surface area contributed by atoms with Crippen LogP contribution in [0.5, 0.6) is 0 Å². The van der Waals surface area contributed by atoms with E-state index in [2.05, 4.69) is 11.6 Å². The number of hydrogen-bond acceptors (Lipinski definition) is 6. The molecular weight excluding hydrogens is 372 g/mol. The summed E-state index contributed by atoms with van der Waals surface area (Å²) in [6.45, 7) is 7.30. The van der Waals surface area contributed by atoms with Crippen LogP contribution in [0.2, 0.25) is 0 Å². The van der Waals surface area contributed by atoms with Crippen molar-refractivity contribution in [2.24, 2.45) is 0 Å². The molecule has 1 aromatic carbocycles. The van der Waals surface area contributed by atoms with Crippen molar-refractivity contribution in [2.75, 3.05) is 13.7 Å². The number of esters is 2. The van der Waals surface area contributed by atoms with Crippen LogP contribution in [0.4, 0.5) is 0 Å². The van der Waals surface area contributed by atoms with Crippen molar-refractivity contribution >= 4 is 44.8 Å². The number of benzene rings is 1. The Balaban J connectivity index is 2.25. The van der Waals surface area contributed by atoms with Gasteiger partial charge in [0, 0.05) is 21.9 Å². The maximum absolute atomic E-state index is 13.2. The van der Waals surface area contributed by atoms with Gasteiger partial charge in [0.2, 0.25) is 0 Å². The SMILES string of the molecule is C=C(C(=O)OCC)c1c(C)c(=O)n2c3ccccc3c3cc(C(=O)OC)nc1c32. The smallest absolute Gasteiger partial charge is 0.356 e. The largest absolute Gasteiger partial charge is 0.464 e. The standard InChI is InChI=1S/C22H18N2O5/c1-5-29-21(26)12(3)17-11(2)20(25)24-16-9-7-6-8-13(16)14-10-15(22(27)28-4)23-18(17)19(14)24/h6-10H,3,5H2,1-2,4H3. The highest BCUT2D eigenvalue weighted by Crippen LogP contribution is 2.35. The van der Waals surface area contributed by atoms with Crippen LogP contribution in [-0.4, -0.2) is 35.0 Å². The summed E-state index contributed by atoms with van der Waals surface area (Å²) < 4.78 is 11.5. The van der Waals surface area contributed by atoms with Crippen LogP contribution in [-0.2, 0) is 14.3 Å². The van der Waals surface area contributed by atoms with E-state index < -0.39 is 11.9 Å². The van der Waals surface area contributed by atoms with Crippen LogP contribution in [0.25, 0.3) is 32.9 Å². The number of ether oxygens (including phenoxy) is 2. The van der Waals surface area contributed by atoms with Gasteiger partial charge < -0.3 is 9.47 Å². The van der Waals surface area contributed by atoms with Gasteiger partial charge in [-0.05, 0) is 26.0 Å². The molecule has 7 nitrogen and oxygen atoms in total. The molecule has 4 aromatic rings. The number of carbonyl (C=O) groups excluding carboxylic acids is 2. The second kappa shape index (κ2) is 6.70. The van der Waals surface area contributed by atoms with Crippen LogP contribution in [0, 0.1) is 6.92 Å². The molecule has 0 N–H and O–H groups in total. The number of nitrogens with zero attached hydrogens (tertiary/aromatic N) is 2. The summed E-state index contributed by atoms with van der Waals surface area (Å²) in [5.41, 5.74) is 1.94. The van der Waals surface area contributed by atoms with Crippen LogP contribution in [0.1, 0.15) is 28.5 Å². The zero-order valence-corrected chi connectivity index (χ0v) is 16.2. The lowest BCUT2D eigenvalue weighted by molar-refractivity contribution is -0.136. The maximum atomic E-state index is 13.2. The lowest BCUT2D eigenvalue weighted by Gasteiger charge is -2.13. The molecular formula is C22H18N2O5. The molecule has 0 unspecified atom stereocenters. The van der Waals surface area contributed by atoms with Crippen molar-refractivity contribution in [3.8, 4) is 0 Å². The third-order valence-electron chi connectivity index (χ3n) is 5.01. The van der Waals surface area contributed by atoms with E-state index >= 15 is 0 Å².